The van der Waals surface area contributed by atoms with E-state index in [-0.39, 0.29) is 24.9 Å². The second-order valence-corrected chi connectivity index (χ2v) is 8.29. The number of rotatable bonds is 7. The second kappa shape index (κ2) is 8.93. The summed E-state index contributed by atoms with van der Waals surface area (Å²) in [6.07, 6.45) is 0.611. The highest BCUT2D eigenvalue weighted by Gasteiger charge is 2.23. The summed E-state index contributed by atoms with van der Waals surface area (Å²) in [4.78, 5) is 26.0. The van der Waals surface area contributed by atoms with Crippen LogP contribution in [0.2, 0.25) is 9.36 Å². The summed E-state index contributed by atoms with van der Waals surface area (Å²) >= 11 is 13.3. The molecule has 144 valence electrons. The fraction of sp³-hybridized carbons (Fsp3) is 0.333. The molecule has 1 aliphatic heterocycles. The largest absolute Gasteiger partial charge is 0.389 e. The van der Waals surface area contributed by atoms with Crippen LogP contribution in [0, 0.1) is 0 Å². The molecule has 2 heterocycles. The molecule has 0 aliphatic carbocycles. The van der Waals surface area contributed by atoms with Crippen LogP contribution in [0.15, 0.2) is 30.3 Å². The van der Waals surface area contributed by atoms with Crippen LogP contribution in [0.1, 0.15) is 22.5 Å². The molecule has 0 saturated carbocycles. The Morgan fingerprint density at radius 2 is 2.07 bits per heavy atom. The molecule has 3 rings (SSSR count). The van der Waals surface area contributed by atoms with Crippen LogP contribution >= 0.6 is 34.5 Å². The number of halogens is 2. The molecule has 9 heteroatoms. The topological polar surface area (TPSA) is 81.7 Å². The lowest BCUT2D eigenvalue weighted by molar-refractivity contribution is -0.117. The highest BCUT2D eigenvalue weighted by Crippen LogP contribution is 2.31. The molecular formula is C18H19Cl2N3O3S. The molecule has 2 aromatic rings. The van der Waals surface area contributed by atoms with E-state index in [0.717, 1.165) is 12.1 Å². The summed E-state index contributed by atoms with van der Waals surface area (Å²) in [5.41, 5.74) is 1.43. The van der Waals surface area contributed by atoms with Crippen LogP contribution < -0.4 is 15.5 Å². The first-order valence-electron chi connectivity index (χ1n) is 8.49. The zero-order valence-corrected chi connectivity index (χ0v) is 16.7. The van der Waals surface area contributed by atoms with E-state index in [0.29, 0.717) is 32.9 Å². The third kappa shape index (κ3) is 5.13. The predicted molar refractivity (Wildman–Crippen MR) is 109 cm³/mol. The van der Waals surface area contributed by atoms with Crippen molar-refractivity contribution in [2.75, 3.05) is 29.9 Å². The maximum absolute atomic E-state index is 11.9. The maximum Gasteiger partial charge on any atom is 0.261 e. The SMILES string of the molecule is O=C(NCC(O)CNc1ccc(N2CCCC2=O)c(Cl)c1)c1ccc(Cl)s1. The van der Waals surface area contributed by atoms with Gasteiger partial charge < -0.3 is 20.6 Å². The number of carbonyl (C=O) groups is 2. The van der Waals surface area contributed by atoms with Gasteiger partial charge in [0.15, 0.2) is 0 Å². The predicted octanol–water partition coefficient (Wildman–Crippen LogP) is 3.38. The van der Waals surface area contributed by atoms with Crippen LogP contribution in [0.3, 0.4) is 0 Å². The van der Waals surface area contributed by atoms with Crippen molar-refractivity contribution in [3.05, 3.63) is 44.6 Å². The number of hydrogen-bond donors (Lipinski definition) is 3. The number of amides is 2. The third-order valence-corrected chi connectivity index (χ3v) is 5.68. The summed E-state index contributed by atoms with van der Waals surface area (Å²) in [6, 6.07) is 8.62. The van der Waals surface area contributed by atoms with Crippen molar-refractivity contribution >= 4 is 57.7 Å². The number of hydrogen-bond acceptors (Lipinski definition) is 5. The van der Waals surface area contributed by atoms with E-state index in [4.69, 9.17) is 23.2 Å². The van der Waals surface area contributed by atoms with E-state index < -0.39 is 6.10 Å². The molecule has 1 atom stereocenters. The van der Waals surface area contributed by atoms with Gasteiger partial charge in [-0.3, -0.25) is 9.59 Å². The summed E-state index contributed by atoms with van der Waals surface area (Å²) in [6.45, 7) is 1.03. The Morgan fingerprint density at radius 1 is 1.26 bits per heavy atom. The Labute approximate surface area is 171 Å². The molecule has 1 saturated heterocycles. The van der Waals surface area contributed by atoms with Gasteiger partial charge in [-0.05, 0) is 36.8 Å². The maximum atomic E-state index is 11.9. The number of anilines is 2. The lowest BCUT2D eigenvalue weighted by Crippen LogP contribution is -2.35. The molecule has 1 aliphatic rings. The van der Waals surface area contributed by atoms with Crippen molar-refractivity contribution in [2.24, 2.45) is 0 Å². The Balaban J connectivity index is 1.48. The molecule has 6 nitrogen and oxygen atoms in total. The lowest BCUT2D eigenvalue weighted by atomic mass is 10.2. The molecule has 27 heavy (non-hydrogen) atoms. The summed E-state index contributed by atoms with van der Waals surface area (Å²) < 4.78 is 0.540. The number of nitrogens with zero attached hydrogens (tertiary/aromatic N) is 1. The normalized spacial score (nSPS) is 15.1. The summed E-state index contributed by atoms with van der Waals surface area (Å²) in [5.74, 6) is -0.190. The van der Waals surface area contributed by atoms with Crippen molar-refractivity contribution in [2.45, 2.75) is 18.9 Å². The minimum atomic E-state index is -0.775. The van der Waals surface area contributed by atoms with E-state index in [1.54, 1.807) is 29.2 Å². The van der Waals surface area contributed by atoms with Crippen LogP contribution in [0.5, 0.6) is 0 Å². The van der Waals surface area contributed by atoms with Gasteiger partial charge in [-0.2, -0.15) is 0 Å². The van der Waals surface area contributed by atoms with Gasteiger partial charge in [-0.15, -0.1) is 11.3 Å². The Kier molecular flexibility index (Phi) is 6.59. The van der Waals surface area contributed by atoms with E-state index >= 15 is 0 Å². The van der Waals surface area contributed by atoms with Crippen molar-refractivity contribution in [1.29, 1.82) is 0 Å². The molecule has 1 aromatic carbocycles. The van der Waals surface area contributed by atoms with Gasteiger partial charge in [0.05, 0.1) is 26.0 Å². The highest BCUT2D eigenvalue weighted by atomic mass is 35.5. The molecule has 0 spiro atoms. The van der Waals surface area contributed by atoms with Gasteiger partial charge in [0, 0.05) is 31.7 Å². The van der Waals surface area contributed by atoms with Crippen molar-refractivity contribution in [1.82, 2.24) is 5.32 Å². The van der Waals surface area contributed by atoms with Crippen LogP contribution in [0.4, 0.5) is 11.4 Å². The quantitative estimate of drug-likeness (QED) is 0.632. The number of benzene rings is 1. The van der Waals surface area contributed by atoms with Gasteiger partial charge in [-0.1, -0.05) is 23.2 Å². The average molecular weight is 428 g/mol. The van der Waals surface area contributed by atoms with Gasteiger partial charge in [0.2, 0.25) is 5.91 Å². The van der Waals surface area contributed by atoms with Crippen LogP contribution in [-0.2, 0) is 4.79 Å². The first-order valence-corrected chi connectivity index (χ1v) is 10.1. The molecule has 3 N–H and O–H groups in total. The van der Waals surface area contributed by atoms with Crippen LogP contribution in [-0.4, -0.2) is 42.7 Å². The zero-order chi connectivity index (χ0) is 19.4. The van der Waals surface area contributed by atoms with E-state index in [1.807, 2.05) is 6.07 Å². The molecule has 1 aromatic heterocycles. The summed E-state index contributed by atoms with van der Waals surface area (Å²) in [7, 11) is 0. The zero-order valence-electron chi connectivity index (χ0n) is 14.4. The molecule has 0 radical (unpaired) electrons. The van der Waals surface area contributed by atoms with E-state index in [9.17, 15) is 14.7 Å². The minimum Gasteiger partial charge on any atom is -0.389 e. The number of thiophene rings is 1. The molecule has 1 fully saturated rings. The van der Waals surface area contributed by atoms with Gasteiger partial charge in [0.1, 0.15) is 0 Å². The third-order valence-electron chi connectivity index (χ3n) is 4.15. The standard InChI is InChI=1S/C18H19Cl2N3O3S/c19-13-8-11(3-4-14(13)23-7-1-2-17(23)25)21-9-12(24)10-22-18(26)15-5-6-16(20)27-15/h3-6,8,12,21,24H,1-2,7,9-10H2,(H,22,26). The first-order chi connectivity index (χ1) is 12.9. The number of carbonyl (C=O) groups excluding carboxylic acids is 2. The van der Waals surface area contributed by atoms with E-state index in [1.165, 1.54) is 11.3 Å². The number of nitrogens with one attached hydrogen (secondary N) is 2. The fourth-order valence-corrected chi connectivity index (χ4v) is 4.02. The lowest BCUT2D eigenvalue weighted by Gasteiger charge is -2.19. The molecular weight excluding hydrogens is 409 g/mol. The Hall–Kier alpha value is -1.80. The fourth-order valence-electron chi connectivity index (χ4n) is 2.78. The Bertz CT molecular complexity index is 843. The van der Waals surface area contributed by atoms with E-state index in [2.05, 4.69) is 10.6 Å². The number of aliphatic hydroxyl groups excluding tert-OH is 1. The van der Waals surface area contributed by atoms with Gasteiger partial charge in [0.25, 0.3) is 5.91 Å². The number of aliphatic hydroxyl groups is 1. The first kappa shape index (κ1) is 19.9. The molecule has 0 bridgehead atoms. The molecule has 1 unspecified atom stereocenters. The second-order valence-electron chi connectivity index (χ2n) is 6.16. The van der Waals surface area contributed by atoms with Gasteiger partial charge in [-0.25, -0.2) is 0 Å². The summed E-state index contributed by atoms with van der Waals surface area (Å²) in [5, 5.41) is 16.3. The van der Waals surface area contributed by atoms with Crippen molar-refractivity contribution in [3.63, 3.8) is 0 Å². The average Bonchev–Trinajstić information content (AvgIpc) is 3.26. The van der Waals surface area contributed by atoms with Crippen molar-refractivity contribution in [3.8, 4) is 0 Å². The minimum absolute atomic E-state index is 0.0794. The molecule has 2 amide bonds. The monoisotopic (exact) mass is 427 g/mol. The Morgan fingerprint density at radius 3 is 2.70 bits per heavy atom. The highest BCUT2D eigenvalue weighted by molar-refractivity contribution is 7.18. The van der Waals surface area contributed by atoms with Gasteiger partial charge >= 0.3 is 0 Å². The smallest absolute Gasteiger partial charge is 0.261 e. The van der Waals surface area contributed by atoms with Crippen molar-refractivity contribution < 1.29 is 14.7 Å². The van der Waals surface area contributed by atoms with Crippen LogP contribution in [0.25, 0.3) is 0 Å².